The van der Waals surface area contributed by atoms with E-state index in [1.54, 1.807) is 12.1 Å². The van der Waals surface area contributed by atoms with Crippen molar-refractivity contribution in [2.75, 3.05) is 19.8 Å². The number of pyridine rings is 1. The van der Waals surface area contributed by atoms with E-state index in [-0.39, 0.29) is 18.1 Å². The molecule has 2 aromatic rings. The monoisotopic (exact) mass is 291 g/mol. The highest BCUT2D eigenvalue weighted by Gasteiger charge is 2.22. The quantitative estimate of drug-likeness (QED) is 0.884. The van der Waals surface area contributed by atoms with Crippen molar-refractivity contribution < 1.29 is 19.3 Å². The Kier molecular flexibility index (Phi) is 3.81. The summed E-state index contributed by atoms with van der Waals surface area (Å²) >= 11 is 0. The lowest BCUT2D eigenvalue weighted by atomic mass is 10.1. The molecule has 6 heteroatoms. The highest BCUT2D eigenvalue weighted by Crippen LogP contribution is 2.34. The molecule has 0 saturated heterocycles. The van der Waals surface area contributed by atoms with E-state index in [4.69, 9.17) is 19.3 Å². The second kappa shape index (κ2) is 5.75. The molecule has 0 amide bonds. The molecule has 1 atom stereocenters. The zero-order valence-corrected chi connectivity index (χ0v) is 11.7. The molecule has 1 aliphatic rings. The average molecular weight is 291 g/mol. The molecule has 1 aromatic heterocycles. The third-order valence-corrected chi connectivity index (χ3v) is 3.42. The molecule has 2 N–H and O–H groups in total. The smallest absolute Gasteiger partial charge is 0.195 e. The fraction of sp³-hybridized carbons (Fsp3) is 0.400. The standard InChI is InChI=1S/C15H17NO5/c1-2-19-7-10-8-20-13-3-11-12(4-14(13)21-10)16-5-9(6-17)15(11)18/h3-5,10,17H,2,6-8H2,1H3,(H,16,18). The average Bonchev–Trinajstić information content (AvgIpc) is 2.51. The van der Waals surface area contributed by atoms with Crippen LogP contribution in [0.5, 0.6) is 11.5 Å². The SMILES string of the molecule is CCOCC1COc2cc3c(=O)c(CO)c[nH]c3cc2O1. The number of aromatic amines is 1. The number of aliphatic hydroxyl groups excluding tert-OH is 1. The number of nitrogens with one attached hydrogen (secondary N) is 1. The van der Waals surface area contributed by atoms with E-state index in [0.29, 0.717) is 47.8 Å². The minimum atomic E-state index is -0.295. The van der Waals surface area contributed by atoms with Gasteiger partial charge in [0.2, 0.25) is 0 Å². The zero-order chi connectivity index (χ0) is 14.8. The number of H-pyrrole nitrogens is 1. The number of benzene rings is 1. The molecule has 0 saturated carbocycles. The van der Waals surface area contributed by atoms with Gasteiger partial charge < -0.3 is 24.3 Å². The number of aliphatic hydroxyl groups is 1. The molecule has 21 heavy (non-hydrogen) atoms. The molecule has 0 spiro atoms. The van der Waals surface area contributed by atoms with E-state index in [1.165, 1.54) is 6.20 Å². The maximum absolute atomic E-state index is 12.2. The van der Waals surface area contributed by atoms with Gasteiger partial charge in [0.05, 0.1) is 18.7 Å². The molecule has 0 fully saturated rings. The van der Waals surface area contributed by atoms with Crippen molar-refractivity contribution >= 4 is 10.9 Å². The Hall–Kier alpha value is -2.05. The van der Waals surface area contributed by atoms with E-state index in [2.05, 4.69) is 4.98 Å². The Balaban J connectivity index is 1.97. The molecule has 0 aliphatic carbocycles. The molecule has 1 aromatic carbocycles. The molecule has 112 valence electrons. The molecule has 3 rings (SSSR count). The van der Waals surface area contributed by atoms with Gasteiger partial charge >= 0.3 is 0 Å². The summed E-state index contributed by atoms with van der Waals surface area (Å²) in [6, 6.07) is 3.39. The second-order valence-corrected chi connectivity index (χ2v) is 4.86. The fourth-order valence-electron chi connectivity index (χ4n) is 2.32. The Bertz CT molecular complexity index is 709. The number of hydrogen-bond donors (Lipinski definition) is 2. The van der Waals surface area contributed by atoms with Crippen LogP contribution >= 0.6 is 0 Å². The summed E-state index contributed by atoms with van der Waals surface area (Å²) < 4.78 is 16.8. The van der Waals surface area contributed by atoms with Crippen LogP contribution in [-0.4, -0.2) is 36.0 Å². The summed E-state index contributed by atoms with van der Waals surface area (Å²) in [5.74, 6) is 1.13. The first-order valence-corrected chi connectivity index (χ1v) is 6.89. The van der Waals surface area contributed by atoms with Crippen LogP contribution in [0, 0.1) is 0 Å². The highest BCUT2D eigenvalue weighted by molar-refractivity contribution is 5.83. The van der Waals surface area contributed by atoms with Gasteiger partial charge in [-0.15, -0.1) is 0 Å². The summed E-state index contributed by atoms with van der Waals surface area (Å²) in [5, 5.41) is 9.62. The van der Waals surface area contributed by atoms with Crippen LogP contribution in [0.2, 0.25) is 0 Å². The minimum Gasteiger partial charge on any atom is -0.486 e. The maximum Gasteiger partial charge on any atom is 0.195 e. The lowest BCUT2D eigenvalue weighted by molar-refractivity contribution is 0.0129. The van der Waals surface area contributed by atoms with Crippen LogP contribution in [-0.2, 0) is 11.3 Å². The van der Waals surface area contributed by atoms with Crippen LogP contribution in [0.4, 0.5) is 0 Å². The summed E-state index contributed by atoms with van der Waals surface area (Å²) in [5.41, 5.74) is 0.777. The molecule has 1 aliphatic heterocycles. The molecule has 0 bridgehead atoms. The minimum absolute atomic E-state index is 0.154. The van der Waals surface area contributed by atoms with Crippen LogP contribution < -0.4 is 14.9 Å². The van der Waals surface area contributed by atoms with Gasteiger partial charge in [-0.05, 0) is 13.0 Å². The van der Waals surface area contributed by atoms with E-state index in [0.717, 1.165) is 0 Å². The molecule has 6 nitrogen and oxygen atoms in total. The Labute approximate surface area is 121 Å². The normalized spacial score (nSPS) is 17.1. The molecule has 2 heterocycles. The lowest BCUT2D eigenvalue weighted by Crippen LogP contribution is -2.33. The summed E-state index contributed by atoms with van der Waals surface area (Å²) in [4.78, 5) is 15.1. The van der Waals surface area contributed by atoms with Crippen molar-refractivity contribution in [2.24, 2.45) is 0 Å². The van der Waals surface area contributed by atoms with Crippen molar-refractivity contribution in [3.63, 3.8) is 0 Å². The van der Waals surface area contributed by atoms with Crippen molar-refractivity contribution in [1.82, 2.24) is 4.98 Å². The van der Waals surface area contributed by atoms with Gasteiger partial charge in [-0.3, -0.25) is 4.79 Å². The largest absolute Gasteiger partial charge is 0.486 e. The lowest BCUT2D eigenvalue weighted by Gasteiger charge is -2.26. The topological polar surface area (TPSA) is 80.8 Å². The van der Waals surface area contributed by atoms with Gasteiger partial charge in [0.1, 0.15) is 6.61 Å². The first kappa shape index (κ1) is 13.9. The Morgan fingerprint density at radius 1 is 1.43 bits per heavy atom. The van der Waals surface area contributed by atoms with Crippen molar-refractivity contribution in [3.8, 4) is 11.5 Å². The number of rotatable bonds is 4. The maximum atomic E-state index is 12.2. The van der Waals surface area contributed by atoms with E-state index in [9.17, 15) is 4.79 Å². The van der Waals surface area contributed by atoms with Gasteiger partial charge in [0.25, 0.3) is 0 Å². The number of aromatic nitrogens is 1. The number of ether oxygens (including phenoxy) is 3. The predicted molar refractivity (Wildman–Crippen MR) is 76.9 cm³/mol. The highest BCUT2D eigenvalue weighted by atomic mass is 16.6. The van der Waals surface area contributed by atoms with Crippen LogP contribution in [0.15, 0.2) is 23.1 Å². The summed E-state index contributed by atoms with van der Waals surface area (Å²) in [6.07, 6.45) is 1.36. The van der Waals surface area contributed by atoms with Gasteiger partial charge in [0, 0.05) is 29.8 Å². The summed E-state index contributed by atoms with van der Waals surface area (Å²) in [7, 11) is 0. The van der Waals surface area contributed by atoms with Crippen LogP contribution in [0.25, 0.3) is 10.9 Å². The van der Waals surface area contributed by atoms with Crippen LogP contribution in [0.3, 0.4) is 0 Å². The first-order chi connectivity index (χ1) is 10.2. The van der Waals surface area contributed by atoms with E-state index >= 15 is 0 Å². The van der Waals surface area contributed by atoms with Gasteiger partial charge in [-0.25, -0.2) is 0 Å². The first-order valence-electron chi connectivity index (χ1n) is 6.89. The molecule has 1 unspecified atom stereocenters. The third kappa shape index (κ3) is 2.59. The second-order valence-electron chi connectivity index (χ2n) is 4.86. The van der Waals surface area contributed by atoms with Crippen molar-refractivity contribution in [1.29, 1.82) is 0 Å². The molecule has 0 radical (unpaired) electrons. The predicted octanol–water partition coefficient (Wildman–Crippen LogP) is 1.20. The molecular weight excluding hydrogens is 274 g/mol. The van der Waals surface area contributed by atoms with Crippen molar-refractivity contribution in [2.45, 2.75) is 19.6 Å². The zero-order valence-electron chi connectivity index (χ0n) is 11.7. The Morgan fingerprint density at radius 3 is 3.05 bits per heavy atom. The van der Waals surface area contributed by atoms with Gasteiger partial charge in [0.15, 0.2) is 23.0 Å². The van der Waals surface area contributed by atoms with E-state index in [1.807, 2.05) is 6.92 Å². The number of fused-ring (bicyclic) bond motifs is 2. The van der Waals surface area contributed by atoms with Gasteiger partial charge in [-0.2, -0.15) is 0 Å². The van der Waals surface area contributed by atoms with Gasteiger partial charge in [-0.1, -0.05) is 0 Å². The number of hydrogen-bond acceptors (Lipinski definition) is 5. The third-order valence-electron chi connectivity index (χ3n) is 3.42. The van der Waals surface area contributed by atoms with Crippen LogP contribution in [0.1, 0.15) is 12.5 Å². The summed E-state index contributed by atoms with van der Waals surface area (Å²) in [6.45, 7) is 3.11. The fourth-order valence-corrected chi connectivity index (χ4v) is 2.32. The van der Waals surface area contributed by atoms with Crippen molar-refractivity contribution in [3.05, 3.63) is 34.1 Å². The van der Waals surface area contributed by atoms with E-state index < -0.39 is 0 Å². The Morgan fingerprint density at radius 2 is 2.29 bits per heavy atom. The molecular formula is C15H17NO5.